The molecule has 0 N–H and O–H groups in total. The van der Waals surface area contributed by atoms with Gasteiger partial charge in [0.05, 0.1) is 5.54 Å². The highest BCUT2D eigenvalue weighted by atomic mass is 16.2. The Morgan fingerprint density at radius 1 is 1.41 bits per heavy atom. The van der Waals surface area contributed by atoms with Gasteiger partial charge in [-0.3, -0.25) is 4.90 Å². The van der Waals surface area contributed by atoms with Crippen LogP contribution in [0, 0.1) is 0 Å². The predicted molar refractivity (Wildman–Crippen MR) is 61.6 cm³/mol. The van der Waals surface area contributed by atoms with Crippen molar-refractivity contribution >= 4 is 6.03 Å². The minimum Gasteiger partial charge on any atom is -0.314 e. The van der Waals surface area contributed by atoms with E-state index >= 15 is 0 Å². The molecule has 2 aliphatic rings. The van der Waals surface area contributed by atoms with Crippen molar-refractivity contribution in [2.24, 2.45) is 0 Å². The van der Waals surface area contributed by atoms with Gasteiger partial charge in [-0.25, -0.2) is 9.78 Å². The number of likely N-dealkylation sites (tertiary alicyclic amines) is 2. The summed E-state index contributed by atoms with van der Waals surface area (Å²) in [6, 6.07) is 0.515. The van der Waals surface area contributed by atoms with Crippen LogP contribution >= 0.6 is 0 Å². The summed E-state index contributed by atoms with van der Waals surface area (Å²) < 4.78 is 1.32. The van der Waals surface area contributed by atoms with E-state index < -0.39 is 0 Å². The summed E-state index contributed by atoms with van der Waals surface area (Å²) in [7, 11) is 0. The maximum absolute atomic E-state index is 12.1. The fraction of sp³-hybridized carbons (Fsp3) is 0.727. The summed E-state index contributed by atoms with van der Waals surface area (Å²) in [6.07, 6.45) is 3.97. The van der Waals surface area contributed by atoms with Crippen molar-refractivity contribution in [3.05, 3.63) is 12.7 Å². The Kier molecular flexibility index (Phi) is 2.22. The molecule has 92 valence electrons. The Labute approximate surface area is 100 Å². The Hall–Kier alpha value is -1.43. The summed E-state index contributed by atoms with van der Waals surface area (Å²) in [5, 5.41) is 3.90. The zero-order valence-electron chi connectivity index (χ0n) is 10.2. The highest BCUT2D eigenvalue weighted by Crippen LogP contribution is 2.40. The molecule has 2 saturated heterocycles. The highest BCUT2D eigenvalue weighted by Gasteiger charge is 2.56. The lowest BCUT2D eigenvalue weighted by Crippen LogP contribution is -2.78. The first kappa shape index (κ1) is 10.7. The van der Waals surface area contributed by atoms with Crippen molar-refractivity contribution in [3.8, 4) is 0 Å². The Morgan fingerprint density at radius 3 is 2.65 bits per heavy atom. The zero-order valence-corrected chi connectivity index (χ0v) is 10.2. The van der Waals surface area contributed by atoms with Crippen molar-refractivity contribution in [2.45, 2.75) is 31.8 Å². The SMILES string of the molecule is CC(C)N1CC2(CCN2C(=O)n2cncn2)C1. The van der Waals surface area contributed by atoms with Crippen LogP contribution in [0.15, 0.2) is 12.7 Å². The number of amides is 1. The molecule has 6 nitrogen and oxygen atoms in total. The molecule has 1 amide bonds. The number of rotatable bonds is 1. The third-order valence-corrected chi connectivity index (χ3v) is 3.94. The molecule has 0 aromatic carbocycles. The van der Waals surface area contributed by atoms with Gasteiger partial charge in [-0.2, -0.15) is 9.78 Å². The van der Waals surface area contributed by atoms with Gasteiger partial charge in [-0.1, -0.05) is 0 Å². The monoisotopic (exact) mass is 235 g/mol. The number of nitrogens with zero attached hydrogens (tertiary/aromatic N) is 5. The highest BCUT2D eigenvalue weighted by molar-refractivity contribution is 5.77. The number of aromatic nitrogens is 3. The average Bonchev–Trinajstić information content (AvgIpc) is 2.65. The fourth-order valence-corrected chi connectivity index (χ4v) is 2.67. The lowest BCUT2D eigenvalue weighted by atomic mass is 9.77. The Morgan fingerprint density at radius 2 is 2.18 bits per heavy atom. The largest absolute Gasteiger partial charge is 0.346 e. The van der Waals surface area contributed by atoms with E-state index in [1.807, 2.05) is 4.90 Å². The van der Waals surface area contributed by atoms with E-state index in [0.29, 0.717) is 6.04 Å². The van der Waals surface area contributed by atoms with Crippen LogP contribution in [0.5, 0.6) is 0 Å². The van der Waals surface area contributed by atoms with E-state index in [-0.39, 0.29) is 11.6 Å². The van der Waals surface area contributed by atoms with Gasteiger partial charge >= 0.3 is 6.03 Å². The van der Waals surface area contributed by atoms with Crippen LogP contribution in [0.1, 0.15) is 20.3 Å². The molecule has 0 saturated carbocycles. The molecule has 1 aromatic rings. The molecule has 3 rings (SSSR count). The van der Waals surface area contributed by atoms with Crippen molar-refractivity contribution in [1.82, 2.24) is 24.6 Å². The molecule has 3 heterocycles. The van der Waals surface area contributed by atoms with Crippen LogP contribution in [0.25, 0.3) is 0 Å². The van der Waals surface area contributed by atoms with Gasteiger partial charge in [0.1, 0.15) is 12.7 Å². The third-order valence-electron chi connectivity index (χ3n) is 3.94. The van der Waals surface area contributed by atoms with Crippen LogP contribution < -0.4 is 0 Å². The zero-order chi connectivity index (χ0) is 12.0. The maximum atomic E-state index is 12.1. The minimum absolute atomic E-state index is 0.0443. The summed E-state index contributed by atoms with van der Waals surface area (Å²) in [6.45, 7) is 7.20. The Balaban J connectivity index is 1.69. The molecule has 0 aliphatic carbocycles. The van der Waals surface area contributed by atoms with E-state index in [9.17, 15) is 4.79 Å². The van der Waals surface area contributed by atoms with Crippen molar-refractivity contribution in [1.29, 1.82) is 0 Å². The molecule has 2 fully saturated rings. The van der Waals surface area contributed by atoms with Crippen molar-refractivity contribution in [3.63, 3.8) is 0 Å². The fourth-order valence-electron chi connectivity index (χ4n) is 2.67. The van der Waals surface area contributed by atoms with Crippen LogP contribution in [-0.2, 0) is 0 Å². The van der Waals surface area contributed by atoms with Crippen LogP contribution in [0.3, 0.4) is 0 Å². The normalized spacial score (nSPS) is 22.6. The van der Waals surface area contributed by atoms with Gasteiger partial charge in [0.25, 0.3) is 0 Å². The van der Waals surface area contributed by atoms with E-state index in [4.69, 9.17) is 0 Å². The predicted octanol–water partition coefficient (Wildman–Crippen LogP) is 0.415. The van der Waals surface area contributed by atoms with E-state index in [1.165, 1.54) is 17.3 Å². The molecule has 0 atom stereocenters. The topological polar surface area (TPSA) is 54.3 Å². The molecule has 1 aromatic heterocycles. The second-order valence-corrected chi connectivity index (χ2v) is 5.25. The van der Waals surface area contributed by atoms with Crippen LogP contribution in [-0.4, -0.2) is 61.8 Å². The first-order valence-electron chi connectivity index (χ1n) is 6.03. The molecule has 0 unspecified atom stereocenters. The number of carbonyl (C=O) groups excluding carboxylic acids is 1. The quantitative estimate of drug-likeness (QED) is 0.707. The standard InChI is InChI=1S/C11H17N5O/c1-9(2)14-5-11(6-14)3-4-15(11)10(17)16-8-12-7-13-16/h7-9H,3-6H2,1-2H3. The van der Waals surface area contributed by atoms with E-state index in [2.05, 4.69) is 28.8 Å². The maximum Gasteiger partial charge on any atom is 0.346 e. The molecule has 0 bridgehead atoms. The van der Waals surface area contributed by atoms with Gasteiger partial charge < -0.3 is 4.90 Å². The lowest BCUT2D eigenvalue weighted by Gasteiger charge is -2.63. The van der Waals surface area contributed by atoms with Crippen molar-refractivity contribution < 1.29 is 4.79 Å². The number of hydrogen-bond donors (Lipinski definition) is 0. The van der Waals surface area contributed by atoms with Crippen LogP contribution in [0.4, 0.5) is 4.79 Å². The number of carbonyl (C=O) groups is 1. The minimum atomic E-state index is -0.0443. The van der Waals surface area contributed by atoms with Gasteiger partial charge in [-0.05, 0) is 20.3 Å². The van der Waals surface area contributed by atoms with Gasteiger partial charge in [0.2, 0.25) is 0 Å². The van der Waals surface area contributed by atoms with Gasteiger partial charge in [-0.15, -0.1) is 0 Å². The van der Waals surface area contributed by atoms with Gasteiger partial charge in [0, 0.05) is 25.7 Å². The average molecular weight is 235 g/mol. The summed E-state index contributed by atoms with van der Waals surface area (Å²) in [5.74, 6) is 0. The second-order valence-electron chi connectivity index (χ2n) is 5.25. The molecule has 0 radical (unpaired) electrons. The smallest absolute Gasteiger partial charge is 0.314 e. The van der Waals surface area contributed by atoms with Gasteiger partial charge in [0.15, 0.2) is 0 Å². The molecule has 1 spiro atoms. The molecular formula is C11H17N5O. The van der Waals surface area contributed by atoms with Crippen molar-refractivity contribution in [2.75, 3.05) is 19.6 Å². The molecule has 17 heavy (non-hydrogen) atoms. The summed E-state index contributed by atoms with van der Waals surface area (Å²) >= 11 is 0. The van der Waals surface area contributed by atoms with E-state index in [1.54, 1.807) is 0 Å². The summed E-state index contributed by atoms with van der Waals surface area (Å²) in [4.78, 5) is 20.3. The first-order valence-corrected chi connectivity index (χ1v) is 6.03. The molecule has 6 heteroatoms. The number of hydrogen-bond acceptors (Lipinski definition) is 4. The Bertz CT molecular complexity index is 421. The van der Waals surface area contributed by atoms with E-state index in [0.717, 1.165) is 26.1 Å². The first-order chi connectivity index (χ1) is 8.12. The summed E-state index contributed by atoms with van der Waals surface area (Å²) in [5.41, 5.74) is 0.0767. The third kappa shape index (κ3) is 1.47. The van der Waals surface area contributed by atoms with Crippen LogP contribution in [0.2, 0.25) is 0 Å². The lowest BCUT2D eigenvalue weighted by molar-refractivity contribution is -0.106. The molecule has 2 aliphatic heterocycles. The molecular weight excluding hydrogens is 218 g/mol. The second kappa shape index (κ2) is 3.53.